The topological polar surface area (TPSA) is 55.4 Å². The van der Waals surface area contributed by atoms with Crippen LogP contribution >= 0.6 is 0 Å². The second-order valence-corrected chi connectivity index (χ2v) is 5.39. The first-order valence-corrected chi connectivity index (χ1v) is 7.15. The molecule has 108 valence electrons. The molecule has 1 amide bonds. The molecule has 0 aromatic heterocycles. The van der Waals surface area contributed by atoms with Crippen molar-refractivity contribution >= 4 is 11.9 Å². The maximum absolute atomic E-state index is 11.9. The van der Waals surface area contributed by atoms with E-state index in [9.17, 15) is 9.59 Å². The van der Waals surface area contributed by atoms with Crippen molar-refractivity contribution in [2.24, 2.45) is 5.92 Å². The maximum Gasteiger partial charge on any atom is 0.306 e. The van der Waals surface area contributed by atoms with Crippen molar-refractivity contribution in [1.82, 2.24) is 5.32 Å². The summed E-state index contributed by atoms with van der Waals surface area (Å²) in [6.07, 6.45) is 2.87. The molecule has 2 atom stereocenters. The van der Waals surface area contributed by atoms with Crippen molar-refractivity contribution in [2.75, 3.05) is 0 Å². The molecule has 1 fully saturated rings. The van der Waals surface area contributed by atoms with Crippen LogP contribution in [0.1, 0.15) is 38.2 Å². The molecule has 1 aromatic carbocycles. The summed E-state index contributed by atoms with van der Waals surface area (Å²) >= 11 is 0. The van der Waals surface area contributed by atoms with E-state index in [1.165, 1.54) is 0 Å². The van der Waals surface area contributed by atoms with Gasteiger partial charge in [-0.25, -0.2) is 0 Å². The van der Waals surface area contributed by atoms with E-state index >= 15 is 0 Å². The fourth-order valence-electron chi connectivity index (χ4n) is 2.43. The molecule has 4 nitrogen and oxygen atoms in total. The minimum absolute atomic E-state index is 0.0216. The number of hydrogen-bond donors (Lipinski definition) is 1. The summed E-state index contributed by atoms with van der Waals surface area (Å²) in [7, 11) is 0. The van der Waals surface area contributed by atoms with Crippen LogP contribution in [0.2, 0.25) is 0 Å². The molecule has 4 heteroatoms. The molecule has 0 bridgehead atoms. The van der Waals surface area contributed by atoms with Gasteiger partial charge in [-0.15, -0.1) is 0 Å². The van der Waals surface area contributed by atoms with Gasteiger partial charge in [0, 0.05) is 12.0 Å². The lowest BCUT2D eigenvalue weighted by atomic mass is 9.99. The lowest BCUT2D eigenvalue weighted by Gasteiger charge is -2.14. The van der Waals surface area contributed by atoms with E-state index in [1.54, 1.807) is 0 Å². The lowest BCUT2D eigenvalue weighted by Crippen LogP contribution is -2.35. The standard InChI is InChI=1S/C16H21NO3/c1-12-6-5-9-14(16(19)17-12)10-15(18)20-11-13-7-3-2-4-8-13/h2-4,7-8,12,14H,5-6,9-11H2,1H3,(H,17,19)/t12-,14+/m0/s1. The van der Waals surface area contributed by atoms with Gasteiger partial charge in [-0.1, -0.05) is 36.8 Å². The van der Waals surface area contributed by atoms with E-state index in [2.05, 4.69) is 5.32 Å². The average molecular weight is 275 g/mol. The molecule has 0 spiro atoms. The normalized spacial score (nSPS) is 22.8. The zero-order valence-corrected chi connectivity index (χ0v) is 11.8. The summed E-state index contributed by atoms with van der Waals surface area (Å²) in [5, 5.41) is 2.92. The Labute approximate surface area is 119 Å². The van der Waals surface area contributed by atoms with Gasteiger partial charge in [-0.3, -0.25) is 9.59 Å². The summed E-state index contributed by atoms with van der Waals surface area (Å²) in [6.45, 7) is 2.26. The van der Waals surface area contributed by atoms with Crippen molar-refractivity contribution in [3.05, 3.63) is 35.9 Å². The summed E-state index contributed by atoms with van der Waals surface area (Å²) in [6, 6.07) is 9.75. The summed E-state index contributed by atoms with van der Waals surface area (Å²) in [5.41, 5.74) is 0.958. The van der Waals surface area contributed by atoms with Crippen LogP contribution in [0.5, 0.6) is 0 Å². The highest BCUT2D eigenvalue weighted by Crippen LogP contribution is 2.19. The highest BCUT2D eigenvalue weighted by Gasteiger charge is 2.26. The Bertz CT molecular complexity index is 458. The van der Waals surface area contributed by atoms with E-state index in [0.717, 1.165) is 24.8 Å². The molecule has 0 radical (unpaired) electrons. The van der Waals surface area contributed by atoms with Gasteiger partial charge in [0.25, 0.3) is 0 Å². The second kappa shape index (κ2) is 7.08. The quantitative estimate of drug-likeness (QED) is 0.859. The van der Waals surface area contributed by atoms with Crippen LogP contribution in [0.4, 0.5) is 0 Å². The monoisotopic (exact) mass is 275 g/mol. The summed E-state index contributed by atoms with van der Waals surface area (Å²) in [5.74, 6) is -0.571. The van der Waals surface area contributed by atoms with Gasteiger partial charge < -0.3 is 10.1 Å². The Morgan fingerprint density at radius 3 is 2.80 bits per heavy atom. The van der Waals surface area contributed by atoms with Crippen LogP contribution < -0.4 is 5.32 Å². The van der Waals surface area contributed by atoms with Crippen LogP contribution in [-0.4, -0.2) is 17.9 Å². The fourth-order valence-corrected chi connectivity index (χ4v) is 2.43. The number of benzene rings is 1. The second-order valence-electron chi connectivity index (χ2n) is 5.39. The van der Waals surface area contributed by atoms with Crippen LogP contribution in [0, 0.1) is 5.92 Å². The molecule has 1 heterocycles. The molecule has 1 N–H and O–H groups in total. The average Bonchev–Trinajstić information content (AvgIpc) is 2.59. The third-order valence-electron chi connectivity index (χ3n) is 3.60. The first kappa shape index (κ1) is 14.6. The van der Waals surface area contributed by atoms with Crippen LogP contribution in [0.3, 0.4) is 0 Å². The van der Waals surface area contributed by atoms with Crippen molar-refractivity contribution < 1.29 is 14.3 Å². The minimum atomic E-state index is -0.302. The van der Waals surface area contributed by atoms with Crippen LogP contribution in [-0.2, 0) is 20.9 Å². The predicted octanol–water partition coefficient (Wildman–Crippen LogP) is 2.42. The van der Waals surface area contributed by atoms with E-state index in [0.29, 0.717) is 0 Å². The largest absolute Gasteiger partial charge is 0.461 e. The predicted molar refractivity (Wildman–Crippen MR) is 75.8 cm³/mol. The molecular formula is C16H21NO3. The number of hydrogen-bond acceptors (Lipinski definition) is 3. The molecular weight excluding hydrogens is 254 g/mol. The van der Waals surface area contributed by atoms with Gasteiger partial charge in [0.2, 0.25) is 5.91 Å². The highest BCUT2D eigenvalue weighted by atomic mass is 16.5. The van der Waals surface area contributed by atoms with Gasteiger partial charge in [-0.05, 0) is 25.3 Å². The number of carbonyl (C=O) groups is 2. The SMILES string of the molecule is C[C@H]1CCC[C@H](CC(=O)OCc2ccccc2)C(=O)N1. The zero-order chi connectivity index (χ0) is 14.4. The molecule has 1 saturated heterocycles. The third-order valence-corrected chi connectivity index (χ3v) is 3.60. The first-order chi connectivity index (χ1) is 9.65. The fraction of sp³-hybridized carbons (Fsp3) is 0.500. The van der Waals surface area contributed by atoms with Crippen molar-refractivity contribution in [3.8, 4) is 0 Å². The molecule has 1 aromatic rings. The van der Waals surface area contributed by atoms with E-state index < -0.39 is 0 Å². The molecule has 1 aliphatic rings. The number of nitrogens with one attached hydrogen (secondary N) is 1. The Morgan fingerprint density at radius 1 is 1.30 bits per heavy atom. The van der Waals surface area contributed by atoms with Gasteiger partial charge in [0.05, 0.1) is 6.42 Å². The molecule has 0 saturated carbocycles. The summed E-state index contributed by atoms with van der Waals surface area (Å²) < 4.78 is 5.23. The van der Waals surface area contributed by atoms with E-state index in [1.807, 2.05) is 37.3 Å². The van der Waals surface area contributed by atoms with E-state index in [-0.39, 0.29) is 36.9 Å². The zero-order valence-electron chi connectivity index (χ0n) is 11.8. The molecule has 1 aliphatic heterocycles. The molecule has 20 heavy (non-hydrogen) atoms. The number of esters is 1. The molecule has 0 unspecified atom stereocenters. The minimum Gasteiger partial charge on any atom is -0.461 e. The van der Waals surface area contributed by atoms with Gasteiger partial charge >= 0.3 is 5.97 Å². The van der Waals surface area contributed by atoms with Gasteiger partial charge in [-0.2, -0.15) is 0 Å². The van der Waals surface area contributed by atoms with E-state index in [4.69, 9.17) is 4.74 Å². The number of amides is 1. The van der Waals surface area contributed by atoms with Crippen molar-refractivity contribution in [2.45, 2.75) is 45.3 Å². The maximum atomic E-state index is 11.9. The number of ether oxygens (including phenoxy) is 1. The summed E-state index contributed by atoms with van der Waals surface area (Å²) in [4.78, 5) is 23.7. The Balaban J connectivity index is 1.80. The molecule has 0 aliphatic carbocycles. The highest BCUT2D eigenvalue weighted by molar-refractivity contribution is 5.84. The lowest BCUT2D eigenvalue weighted by molar-refractivity contribution is -0.148. The van der Waals surface area contributed by atoms with Crippen molar-refractivity contribution in [1.29, 1.82) is 0 Å². The van der Waals surface area contributed by atoms with Gasteiger partial charge in [0.1, 0.15) is 6.61 Å². The van der Waals surface area contributed by atoms with Crippen LogP contribution in [0.15, 0.2) is 30.3 Å². The number of carbonyl (C=O) groups excluding carboxylic acids is 2. The van der Waals surface area contributed by atoms with Crippen molar-refractivity contribution in [3.63, 3.8) is 0 Å². The smallest absolute Gasteiger partial charge is 0.306 e. The Hall–Kier alpha value is -1.84. The van der Waals surface area contributed by atoms with Gasteiger partial charge in [0.15, 0.2) is 0 Å². The third kappa shape index (κ3) is 4.37. The number of rotatable bonds is 4. The first-order valence-electron chi connectivity index (χ1n) is 7.15. The Morgan fingerprint density at radius 2 is 2.05 bits per heavy atom. The van der Waals surface area contributed by atoms with Crippen LogP contribution in [0.25, 0.3) is 0 Å². The Kier molecular flexibility index (Phi) is 5.16. The molecule has 2 rings (SSSR count).